The van der Waals surface area contributed by atoms with Gasteiger partial charge in [0.25, 0.3) is 0 Å². The SMILES string of the molecule is CCCC/C=C\CCCCCCCC(=O)OCCCCCC/C=C\CCCC(=O)NC(CO)C(O)/C=C/CCCCCCCCCC. The maximum atomic E-state index is 12.3. The van der Waals surface area contributed by atoms with Crippen LogP contribution < -0.4 is 5.32 Å². The maximum Gasteiger partial charge on any atom is 0.305 e. The third kappa shape index (κ3) is 33.8. The molecule has 0 aromatic carbocycles. The van der Waals surface area contributed by atoms with Crippen molar-refractivity contribution in [3.63, 3.8) is 0 Å². The second-order valence-corrected chi connectivity index (χ2v) is 13.2. The van der Waals surface area contributed by atoms with Gasteiger partial charge in [-0.3, -0.25) is 9.59 Å². The van der Waals surface area contributed by atoms with Crippen molar-refractivity contribution in [3.05, 3.63) is 36.5 Å². The van der Waals surface area contributed by atoms with Crippen LogP contribution in [0.15, 0.2) is 36.5 Å². The van der Waals surface area contributed by atoms with E-state index < -0.39 is 12.1 Å². The van der Waals surface area contributed by atoms with E-state index in [-0.39, 0.29) is 18.5 Å². The maximum absolute atomic E-state index is 12.3. The van der Waals surface area contributed by atoms with Crippen molar-refractivity contribution in [2.24, 2.45) is 0 Å². The third-order valence-corrected chi connectivity index (χ3v) is 8.63. The minimum absolute atomic E-state index is 0.0512. The lowest BCUT2D eigenvalue weighted by atomic mass is 10.1. The predicted molar refractivity (Wildman–Crippen MR) is 199 cm³/mol. The summed E-state index contributed by atoms with van der Waals surface area (Å²) in [5, 5.41) is 22.8. The van der Waals surface area contributed by atoms with Crippen LogP contribution in [0.3, 0.4) is 0 Å². The van der Waals surface area contributed by atoms with E-state index in [0.29, 0.717) is 19.4 Å². The third-order valence-electron chi connectivity index (χ3n) is 8.63. The van der Waals surface area contributed by atoms with E-state index in [9.17, 15) is 19.8 Å². The highest BCUT2D eigenvalue weighted by Gasteiger charge is 2.17. The highest BCUT2D eigenvalue weighted by molar-refractivity contribution is 5.76. The molecule has 0 saturated heterocycles. The molecular formula is C41H75NO5. The van der Waals surface area contributed by atoms with Gasteiger partial charge in [-0.25, -0.2) is 0 Å². The number of ether oxygens (including phenoxy) is 1. The molecule has 0 bridgehead atoms. The molecule has 274 valence electrons. The number of aliphatic hydroxyl groups is 2. The van der Waals surface area contributed by atoms with Crippen LogP contribution in [0.25, 0.3) is 0 Å². The molecule has 0 aromatic heterocycles. The van der Waals surface area contributed by atoms with E-state index in [1.165, 1.54) is 89.9 Å². The van der Waals surface area contributed by atoms with Crippen LogP contribution in [0, 0.1) is 0 Å². The first-order valence-corrected chi connectivity index (χ1v) is 19.8. The van der Waals surface area contributed by atoms with Crippen LogP contribution in [0.2, 0.25) is 0 Å². The summed E-state index contributed by atoms with van der Waals surface area (Å²) < 4.78 is 5.39. The highest BCUT2D eigenvalue weighted by atomic mass is 16.5. The number of nitrogens with one attached hydrogen (secondary N) is 1. The zero-order valence-corrected chi connectivity index (χ0v) is 30.7. The first-order valence-electron chi connectivity index (χ1n) is 19.8. The van der Waals surface area contributed by atoms with Gasteiger partial charge in [0, 0.05) is 12.8 Å². The van der Waals surface area contributed by atoms with Crippen LogP contribution in [-0.4, -0.2) is 47.4 Å². The minimum Gasteiger partial charge on any atom is -0.466 e. The Kier molecular flexibility index (Phi) is 35.4. The summed E-state index contributed by atoms with van der Waals surface area (Å²) in [4.78, 5) is 24.2. The normalized spacial score (nSPS) is 13.2. The summed E-state index contributed by atoms with van der Waals surface area (Å²) in [5.41, 5.74) is 0. The lowest BCUT2D eigenvalue weighted by Crippen LogP contribution is -2.45. The molecule has 6 heteroatoms. The number of unbranched alkanes of at least 4 members (excludes halogenated alkanes) is 20. The lowest BCUT2D eigenvalue weighted by molar-refractivity contribution is -0.143. The Morgan fingerprint density at radius 1 is 0.574 bits per heavy atom. The number of esters is 1. The van der Waals surface area contributed by atoms with Crippen LogP contribution in [0.1, 0.15) is 187 Å². The smallest absolute Gasteiger partial charge is 0.305 e. The van der Waals surface area contributed by atoms with Gasteiger partial charge in [-0.15, -0.1) is 0 Å². The van der Waals surface area contributed by atoms with Crippen molar-refractivity contribution >= 4 is 11.9 Å². The molecule has 0 saturated carbocycles. The van der Waals surface area contributed by atoms with Gasteiger partial charge in [-0.2, -0.15) is 0 Å². The zero-order chi connectivity index (χ0) is 34.5. The van der Waals surface area contributed by atoms with Crippen molar-refractivity contribution in [1.82, 2.24) is 5.32 Å². The molecule has 3 N–H and O–H groups in total. The molecule has 1 amide bonds. The van der Waals surface area contributed by atoms with Crippen molar-refractivity contribution in [2.75, 3.05) is 13.2 Å². The van der Waals surface area contributed by atoms with Gasteiger partial charge in [0.05, 0.1) is 25.4 Å². The molecule has 0 aliphatic carbocycles. The summed E-state index contributed by atoms with van der Waals surface area (Å²) in [6.07, 6.45) is 41.3. The Morgan fingerprint density at radius 3 is 1.62 bits per heavy atom. The summed E-state index contributed by atoms with van der Waals surface area (Å²) in [7, 11) is 0. The summed E-state index contributed by atoms with van der Waals surface area (Å²) in [6, 6.07) is -0.663. The molecular weight excluding hydrogens is 586 g/mol. The van der Waals surface area contributed by atoms with Crippen LogP contribution in [0.5, 0.6) is 0 Å². The molecule has 0 rings (SSSR count). The van der Waals surface area contributed by atoms with Crippen LogP contribution in [-0.2, 0) is 14.3 Å². The highest BCUT2D eigenvalue weighted by Crippen LogP contribution is 2.12. The number of allylic oxidation sites excluding steroid dienone is 5. The van der Waals surface area contributed by atoms with E-state index >= 15 is 0 Å². The number of hydrogen-bond donors (Lipinski definition) is 3. The number of carbonyl (C=O) groups excluding carboxylic acids is 2. The Labute approximate surface area is 290 Å². The Hall–Kier alpha value is -1.92. The molecule has 0 aromatic rings. The van der Waals surface area contributed by atoms with Gasteiger partial charge in [0.15, 0.2) is 0 Å². The topological polar surface area (TPSA) is 95.9 Å². The molecule has 2 atom stereocenters. The van der Waals surface area contributed by atoms with E-state index in [1.807, 2.05) is 6.08 Å². The van der Waals surface area contributed by atoms with Crippen molar-refractivity contribution in [1.29, 1.82) is 0 Å². The van der Waals surface area contributed by atoms with Gasteiger partial charge in [-0.1, -0.05) is 140 Å². The molecule has 0 spiro atoms. The average Bonchev–Trinajstić information content (AvgIpc) is 3.07. The molecule has 0 heterocycles. The second-order valence-electron chi connectivity index (χ2n) is 13.2. The van der Waals surface area contributed by atoms with E-state index in [2.05, 4.69) is 43.5 Å². The van der Waals surface area contributed by atoms with E-state index in [0.717, 1.165) is 70.6 Å². The Bertz CT molecular complexity index is 778. The first kappa shape index (κ1) is 45.1. The van der Waals surface area contributed by atoms with Crippen LogP contribution >= 0.6 is 0 Å². The standard InChI is InChI=1S/C41H75NO5/c1-3-5-7-9-11-13-15-19-23-27-31-35-41(46)47-36-32-28-24-20-16-18-22-26-30-34-40(45)42-38(37-43)39(44)33-29-25-21-17-14-12-10-8-6-4-2/h9,11,18,22,29,33,38-39,43-44H,3-8,10,12-17,19-21,23-28,30-32,34-37H2,1-2H3,(H,42,45)/b11-9-,22-18-,33-29+. The predicted octanol–water partition coefficient (Wildman–Crippen LogP) is 10.6. The molecule has 2 unspecified atom stereocenters. The quantitative estimate of drug-likeness (QED) is 0.0357. The van der Waals surface area contributed by atoms with Gasteiger partial charge in [-0.05, 0) is 70.6 Å². The monoisotopic (exact) mass is 662 g/mol. The van der Waals surface area contributed by atoms with Crippen LogP contribution in [0.4, 0.5) is 0 Å². The number of aliphatic hydroxyl groups excluding tert-OH is 2. The number of hydrogen-bond acceptors (Lipinski definition) is 5. The molecule has 0 radical (unpaired) electrons. The fourth-order valence-electron chi connectivity index (χ4n) is 5.50. The lowest BCUT2D eigenvalue weighted by Gasteiger charge is -2.19. The molecule has 0 aliphatic heterocycles. The zero-order valence-electron chi connectivity index (χ0n) is 30.7. The van der Waals surface area contributed by atoms with Crippen molar-refractivity contribution < 1.29 is 24.5 Å². The molecule has 6 nitrogen and oxygen atoms in total. The van der Waals surface area contributed by atoms with Gasteiger partial charge in [0.2, 0.25) is 5.91 Å². The number of amides is 1. The largest absolute Gasteiger partial charge is 0.466 e. The van der Waals surface area contributed by atoms with Crippen molar-refractivity contribution in [2.45, 2.75) is 199 Å². The second kappa shape index (κ2) is 36.9. The molecule has 47 heavy (non-hydrogen) atoms. The summed E-state index contributed by atoms with van der Waals surface area (Å²) in [5.74, 6) is -0.185. The average molecular weight is 662 g/mol. The number of rotatable bonds is 35. The van der Waals surface area contributed by atoms with Gasteiger partial charge >= 0.3 is 5.97 Å². The van der Waals surface area contributed by atoms with E-state index in [1.54, 1.807) is 6.08 Å². The van der Waals surface area contributed by atoms with Crippen molar-refractivity contribution in [3.8, 4) is 0 Å². The fourth-order valence-corrected chi connectivity index (χ4v) is 5.50. The summed E-state index contributed by atoms with van der Waals surface area (Å²) in [6.45, 7) is 4.71. The number of carbonyl (C=O) groups is 2. The van der Waals surface area contributed by atoms with E-state index in [4.69, 9.17) is 4.74 Å². The summed E-state index contributed by atoms with van der Waals surface area (Å²) >= 11 is 0. The Balaban J connectivity index is 3.63. The minimum atomic E-state index is -0.873. The molecule has 0 aliphatic rings. The van der Waals surface area contributed by atoms with Gasteiger partial charge in [0.1, 0.15) is 0 Å². The fraction of sp³-hybridized carbons (Fsp3) is 0.805. The first-order chi connectivity index (χ1) is 23.0. The Morgan fingerprint density at radius 2 is 1.04 bits per heavy atom. The molecule has 0 fully saturated rings. The van der Waals surface area contributed by atoms with Gasteiger partial charge < -0.3 is 20.3 Å².